The van der Waals surface area contributed by atoms with Crippen LogP contribution in [0.3, 0.4) is 0 Å². The summed E-state index contributed by atoms with van der Waals surface area (Å²) in [4.78, 5) is 28.6. The van der Waals surface area contributed by atoms with E-state index in [1.54, 1.807) is 0 Å². The van der Waals surface area contributed by atoms with Crippen molar-refractivity contribution in [1.29, 1.82) is 0 Å². The zero-order chi connectivity index (χ0) is 15.9. The van der Waals surface area contributed by atoms with Gasteiger partial charge in [0.05, 0.1) is 0 Å². The van der Waals surface area contributed by atoms with Gasteiger partial charge in [-0.05, 0) is 18.8 Å². The highest BCUT2D eigenvalue weighted by molar-refractivity contribution is 5.70. The molecular weight excluding hydrogens is 294 g/mol. The molecule has 0 bridgehead atoms. The van der Waals surface area contributed by atoms with E-state index in [-0.39, 0.29) is 23.6 Å². The summed E-state index contributed by atoms with van der Waals surface area (Å²) in [6.07, 6.45) is 6.15. The molecule has 2 aromatic rings. The second-order valence-corrected chi connectivity index (χ2v) is 5.86. The first-order valence-electron chi connectivity index (χ1n) is 7.45. The van der Waals surface area contributed by atoms with Crippen molar-refractivity contribution >= 4 is 11.2 Å². The quantitative estimate of drug-likeness (QED) is 0.869. The van der Waals surface area contributed by atoms with Crippen molar-refractivity contribution in [3.05, 3.63) is 27.2 Å². The summed E-state index contributed by atoms with van der Waals surface area (Å²) in [5.41, 5.74) is -1.40. The minimum absolute atomic E-state index is 0.00445. The lowest BCUT2D eigenvalue weighted by molar-refractivity contribution is 0.0742. The Balaban J connectivity index is 2.15. The number of alkyl halides is 2. The lowest BCUT2D eigenvalue weighted by Crippen LogP contribution is -2.41. The average Bonchev–Trinajstić information content (AvgIpc) is 2.96. The third-order valence-corrected chi connectivity index (χ3v) is 4.43. The minimum Gasteiger partial charge on any atom is -0.279 e. The summed E-state index contributed by atoms with van der Waals surface area (Å²) in [7, 11) is 1.45. The van der Waals surface area contributed by atoms with Crippen LogP contribution in [-0.2, 0) is 13.6 Å². The van der Waals surface area contributed by atoms with Gasteiger partial charge in [-0.1, -0.05) is 19.3 Å². The first-order chi connectivity index (χ1) is 10.5. The van der Waals surface area contributed by atoms with E-state index in [1.807, 2.05) is 0 Å². The zero-order valence-electron chi connectivity index (χ0n) is 12.3. The number of fused-ring (bicyclic) bond motifs is 1. The molecule has 0 saturated heterocycles. The number of hydrogen-bond donors (Lipinski definition) is 0. The second-order valence-electron chi connectivity index (χ2n) is 5.86. The first kappa shape index (κ1) is 14.9. The molecule has 3 rings (SSSR count). The van der Waals surface area contributed by atoms with Gasteiger partial charge in [0.2, 0.25) is 0 Å². The number of rotatable bonds is 3. The van der Waals surface area contributed by atoms with Gasteiger partial charge in [0.25, 0.3) is 5.56 Å². The molecule has 2 heterocycles. The van der Waals surface area contributed by atoms with Crippen LogP contribution in [0.2, 0.25) is 0 Å². The van der Waals surface area contributed by atoms with Crippen molar-refractivity contribution in [1.82, 2.24) is 18.7 Å². The van der Waals surface area contributed by atoms with E-state index in [0.717, 1.165) is 36.6 Å². The van der Waals surface area contributed by atoms with Gasteiger partial charge in [-0.2, -0.15) is 8.78 Å². The van der Waals surface area contributed by atoms with Gasteiger partial charge in [0.15, 0.2) is 11.2 Å². The molecule has 1 aliphatic rings. The van der Waals surface area contributed by atoms with Gasteiger partial charge in [-0.25, -0.2) is 9.78 Å². The molecule has 0 N–H and O–H groups in total. The van der Waals surface area contributed by atoms with Gasteiger partial charge < -0.3 is 0 Å². The van der Waals surface area contributed by atoms with E-state index in [0.29, 0.717) is 4.57 Å². The van der Waals surface area contributed by atoms with E-state index in [4.69, 9.17) is 0 Å². The fourth-order valence-electron chi connectivity index (χ4n) is 3.23. The Bertz CT molecular complexity index is 800. The molecular formula is C14H18F2N4O2. The summed E-state index contributed by atoms with van der Waals surface area (Å²) in [6.45, 7) is -2.58. The topological polar surface area (TPSA) is 61.8 Å². The van der Waals surface area contributed by atoms with Crippen molar-refractivity contribution in [2.45, 2.75) is 45.2 Å². The Labute approximate surface area is 125 Å². The lowest BCUT2D eigenvalue weighted by atomic mass is 9.89. The van der Waals surface area contributed by atoms with Crippen molar-refractivity contribution in [3.8, 4) is 0 Å². The van der Waals surface area contributed by atoms with Crippen molar-refractivity contribution in [2.75, 3.05) is 0 Å². The second kappa shape index (κ2) is 5.66. The maximum Gasteiger partial charge on any atom is 0.332 e. The van der Waals surface area contributed by atoms with E-state index >= 15 is 0 Å². The molecule has 0 spiro atoms. The van der Waals surface area contributed by atoms with Gasteiger partial charge >= 0.3 is 12.2 Å². The number of halogens is 2. The summed E-state index contributed by atoms with van der Waals surface area (Å²) in [6, 6.07) is 0. The predicted octanol–water partition coefficient (Wildman–Crippen LogP) is 1.87. The van der Waals surface area contributed by atoms with Crippen LogP contribution in [0.4, 0.5) is 8.78 Å². The fourth-order valence-corrected chi connectivity index (χ4v) is 3.23. The molecule has 0 radical (unpaired) electrons. The molecule has 2 aromatic heterocycles. The molecule has 1 saturated carbocycles. The first-order valence-corrected chi connectivity index (χ1v) is 7.45. The number of aryl methyl sites for hydroxylation is 1. The van der Waals surface area contributed by atoms with E-state index in [9.17, 15) is 18.4 Å². The Morgan fingerprint density at radius 1 is 1.27 bits per heavy atom. The van der Waals surface area contributed by atoms with E-state index in [2.05, 4.69) is 4.98 Å². The third-order valence-electron chi connectivity index (χ3n) is 4.43. The van der Waals surface area contributed by atoms with Crippen molar-refractivity contribution in [2.24, 2.45) is 13.0 Å². The molecule has 8 heteroatoms. The zero-order valence-corrected chi connectivity index (χ0v) is 12.3. The Morgan fingerprint density at radius 3 is 2.59 bits per heavy atom. The SMILES string of the molecule is Cn1c(=O)n(CC2CCCCC2)c(=O)c2c1ncn2C(F)F. The Morgan fingerprint density at radius 2 is 1.95 bits per heavy atom. The van der Waals surface area contributed by atoms with Crippen LogP contribution < -0.4 is 11.2 Å². The molecule has 120 valence electrons. The summed E-state index contributed by atoms with van der Waals surface area (Å²) in [5, 5.41) is 0. The van der Waals surface area contributed by atoms with Gasteiger partial charge in [0, 0.05) is 13.6 Å². The molecule has 6 nitrogen and oxygen atoms in total. The smallest absolute Gasteiger partial charge is 0.279 e. The van der Waals surface area contributed by atoms with Crippen LogP contribution >= 0.6 is 0 Å². The van der Waals surface area contributed by atoms with Gasteiger partial charge in [-0.15, -0.1) is 0 Å². The third kappa shape index (κ3) is 2.36. The Kier molecular flexibility index (Phi) is 3.84. The number of nitrogens with zero attached hydrogens (tertiary/aromatic N) is 4. The number of hydrogen-bond acceptors (Lipinski definition) is 3. The minimum atomic E-state index is -2.86. The van der Waals surface area contributed by atoms with Crippen LogP contribution in [-0.4, -0.2) is 18.7 Å². The number of imidazole rings is 1. The standard InChI is InChI=1S/C14H18F2N4O2/c1-18-11-10(20(8-17-11)13(15)16)12(21)19(14(18)22)7-9-5-3-2-4-6-9/h8-9,13H,2-7H2,1H3. The molecule has 1 fully saturated rings. The maximum absolute atomic E-state index is 13.0. The lowest BCUT2D eigenvalue weighted by Gasteiger charge is -2.22. The summed E-state index contributed by atoms with van der Waals surface area (Å²) < 4.78 is 28.8. The van der Waals surface area contributed by atoms with Crippen LogP contribution in [0.5, 0.6) is 0 Å². The molecule has 0 unspecified atom stereocenters. The van der Waals surface area contributed by atoms with Crippen LogP contribution in [0.1, 0.15) is 38.7 Å². The highest BCUT2D eigenvalue weighted by Gasteiger charge is 2.22. The molecule has 0 aliphatic heterocycles. The predicted molar refractivity (Wildman–Crippen MR) is 77.1 cm³/mol. The molecule has 0 amide bonds. The highest BCUT2D eigenvalue weighted by atomic mass is 19.3. The van der Waals surface area contributed by atoms with Crippen molar-refractivity contribution in [3.63, 3.8) is 0 Å². The Hall–Kier alpha value is -1.99. The molecule has 22 heavy (non-hydrogen) atoms. The molecule has 0 aromatic carbocycles. The van der Waals surface area contributed by atoms with Crippen LogP contribution in [0, 0.1) is 5.92 Å². The fraction of sp³-hybridized carbons (Fsp3) is 0.643. The van der Waals surface area contributed by atoms with E-state index < -0.39 is 17.8 Å². The average molecular weight is 312 g/mol. The van der Waals surface area contributed by atoms with Crippen molar-refractivity contribution < 1.29 is 8.78 Å². The maximum atomic E-state index is 13.0. The highest BCUT2D eigenvalue weighted by Crippen LogP contribution is 2.24. The monoisotopic (exact) mass is 312 g/mol. The normalized spacial score (nSPS) is 16.7. The van der Waals surface area contributed by atoms with E-state index in [1.165, 1.54) is 18.0 Å². The van der Waals surface area contributed by atoms with Gasteiger partial charge in [-0.3, -0.25) is 18.5 Å². The molecule has 0 atom stereocenters. The van der Waals surface area contributed by atoms with Crippen LogP contribution in [0.15, 0.2) is 15.9 Å². The largest absolute Gasteiger partial charge is 0.332 e. The van der Waals surface area contributed by atoms with Gasteiger partial charge in [0.1, 0.15) is 6.33 Å². The summed E-state index contributed by atoms with van der Waals surface area (Å²) in [5.74, 6) is 0.250. The molecule has 1 aliphatic carbocycles. The number of aromatic nitrogens is 4. The summed E-state index contributed by atoms with van der Waals surface area (Å²) >= 11 is 0. The van der Waals surface area contributed by atoms with Crippen LogP contribution in [0.25, 0.3) is 11.2 Å².